The zero-order valence-corrected chi connectivity index (χ0v) is 8.13. The summed E-state index contributed by atoms with van der Waals surface area (Å²) in [5, 5.41) is 9.64. The van der Waals surface area contributed by atoms with E-state index in [-0.39, 0.29) is 17.1 Å². The number of carbonyl (C=O) groups is 1. The summed E-state index contributed by atoms with van der Waals surface area (Å²) >= 11 is 0. The van der Waals surface area contributed by atoms with Crippen molar-refractivity contribution in [3.05, 3.63) is 0 Å². The number of aliphatic hydroxyl groups excluding tert-OH is 1. The van der Waals surface area contributed by atoms with E-state index in [2.05, 4.69) is 0 Å². The molecular weight excluding hydrogens is 152 g/mol. The van der Waals surface area contributed by atoms with E-state index in [0.717, 1.165) is 19.3 Å². The van der Waals surface area contributed by atoms with Crippen LogP contribution in [0.25, 0.3) is 0 Å². The van der Waals surface area contributed by atoms with Gasteiger partial charge in [0.05, 0.1) is 0 Å². The lowest BCUT2D eigenvalue weighted by Crippen LogP contribution is -2.40. The fourth-order valence-corrected chi connectivity index (χ4v) is 1.34. The van der Waals surface area contributed by atoms with Gasteiger partial charge >= 0.3 is 0 Å². The Morgan fingerprint density at radius 2 is 1.92 bits per heavy atom. The number of Topliss-reactive ketones (excluding diaryl/α,β-unsaturated/α-hetero) is 1. The molecule has 12 heavy (non-hydrogen) atoms. The monoisotopic (exact) mass is 170 g/mol. The third kappa shape index (κ3) is 1.86. The molecule has 2 nitrogen and oxygen atoms in total. The van der Waals surface area contributed by atoms with Crippen LogP contribution in [0.2, 0.25) is 0 Å². The Hall–Kier alpha value is -0.370. The van der Waals surface area contributed by atoms with Gasteiger partial charge in [-0.05, 0) is 18.3 Å². The lowest BCUT2D eigenvalue weighted by molar-refractivity contribution is -0.139. The average molecular weight is 170 g/mol. The SMILES string of the molecule is CC(C)(C)C(O)C(=O)C1CCC1. The highest BCUT2D eigenvalue weighted by molar-refractivity contribution is 5.86. The highest BCUT2D eigenvalue weighted by Crippen LogP contribution is 2.32. The van der Waals surface area contributed by atoms with Crippen molar-refractivity contribution >= 4 is 5.78 Å². The molecule has 70 valence electrons. The van der Waals surface area contributed by atoms with Crippen molar-refractivity contribution in [3.63, 3.8) is 0 Å². The molecule has 1 aliphatic rings. The molecule has 0 amide bonds. The minimum atomic E-state index is -0.775. The van der Waals surface area contributed by atoms with Crippen LogP contribution >= 0.6 is 0 Å². The molecule has 1 aliphatic carbocycles. The van der Waals surface area contributed by atoms with Gasteiger partial charge in [0, 0.05) is 5.92 Å². The zero-order valence-electron chi connectivity index (χ0n) is 8.13. The van der Waals surface area contributed by atoms with Crippen molar-refractivity contribution < 1.29 is 9.90 Å². The number of aliphatic hydroxyl groups is 1. The first-order chi connectivity index (χ1) is 5.43. The third-order valence-corrected chi connectivity index (χ3v) is 2.60. The Kier molecular flexibility index (Phi) is 2.57. The van der Waals surface area contributed by atoms with Gasteiger partial charge in [0.25, 0.3) is 0 Å². The van der Waals surface area contributed by atoms with Gasteiger partial charge in [-0.15, -0.1) is 0 Å². The van der Waals surface area contributed by atoms with Crippen molar-refractivity contribution in [3.8, 4) is 0 Å². The molecule has 0 radical (unpaired) electrons. The highest BCUT2D eigenvalue weighted by Gasteiger charge is 2.36. The molecule has 0 aromatic carbocycles. The molecule has 1 rings (SSSR count). The molecule has 2 heteroatoms. The summed E-state index contributed by atoms with van der Waals surface area (Å²) in [6.07, 6.45) is 2.33. The van der Waals surface area contributed by atoms with Crippen LogP contribution in [0, 0.1) is 11.3 Å². The van der Waals surface area contributed by atoms with Crippen molar-refractivity contribution in [1.82, 2.24) is 0 Å². The Morgan fingerprint density at radius 1 is 1.42 bits per heavy atom. The largest absolute Gasteiger partial charge is 0.385 e. The minimum absolute atomic E-state index is 0.0498. The Bertz CT molecular complexity index is 175. The van der Waals surface area contributed by atoms with Gasteiger partial charge in [-0.3, -0.25) is 4.79 Å². The summed E-state index contributed by atoms with van der Waals surface area (Å²) in [6, 6.07) is 0. The molecule has 0 aromatic heterocycles. The average Bonchev–Trinajstić information content (AvgIpc) is 1.79. The molecular formula is C10H18O2. The Morgan fingerprint density at radius 3 is 2.17 bits per heavy atom. The Labute approximate surface area is 74.0 Å². The highest BCUT2D eigenvalue weighted by atomic mass is 16.3. The fourth-order valence-electron chi connectivity index (χ4n) is 1.34. The van der Waals surface area contributed by atoms with Crippen molar-refractivity contribution in [2.75, 3.05) is 0 Å². The van der Waals surface area contributed by atoms with E-state index >= 15 is 0 Å². The molecule has 0 spiro atoms. The number of carbonyl (C=O) groups excluding carboxylic acids is 1. The first-order valence-corrected chi connectivity index (χ1v) is 4.64. The summed E-state index contributed by atoms with van der Waals surface area (Å²) in [4.78, 5) is 11.5. The third-order valence-electron chi connectivity index (χ3n) is 2.60. The van der Waals surface area contributed by atoms with Gasteiger partial charge < -0.3 is 5.11 Å². The lowest BCUT2D eigenvalue weighted by Gasteiger charge is -2.31. The molecule has 1 saturated carbocycles. The summed E-state index contributed by atoms with van der Waals surface area (Å²) in [6.45, 7) is 5.69. The van der Waals surface area contributed by atoms with E-state index in [1.807, 2.05) is 20.8 Å². The molecule has 1 atom stereocenters. The van der Waals surface area contributed by atoms with Crippen LogP contribution < -0.4 is 0 Å². The molecule has 0 saturated heterocycles. The number of ketones is 1. The van der Waals surface area contributed by atoms with E-state index in [1.54, 1.807) is 0 Å². The summed E-state index contributed by atoms with van der Waals surface area (Å²) in [7, 11) is 0. The molecule has 0 heterocycles. The van der Waals surface area contributed by atoms with E-state index in [9.17, 15) is 9.90 Å². The van der Waals surface area contributed by atoms with Crippen LogP contribution in [-0.4, -0.2) is 17.0 Å². The van der Waals surface area contributed by atoms with Crippen LogP contribution in [0.3, 0.4) is 0 Å². The predicted octanol–water partition coefficient (Wildman–Crippen LogP) is 1.76. The maximum atomic E-state index is 11.5. The zero-order chi connectivity index (χ0) is 9.35. The van der Waals surface area contributed by atoms with Crippen LogP contribution in [0.5, 0.6) is 0 Å². The second-order valence-corrected chi connectivity index (χ2v) is 4.80. The summed E-state index contributed by atoms with van der Waals surface area (Å²) in [5.74, 6) is 0.202. The molecule has 0 aliphatic heterocycles. The lowest BCUT2D eigenvalue weighted by atomic mass is 9.75. The molecule has 0 bridgehead atoms. The van der Waals surface area contributed by atoms with Crippen molar-refractivity contribution in [2.24, 2.45) is 11.3 Å². The second kappa shape index (κ2) is 3.17. The van der Waals surface area contributed by atoms with Crippen molar-refractivity contribution in [2.45, 2.75) is 46.1 Å². The molecule has 1 unspecified atom stereocenters. The molecule has 1 fully saturated rings. The number of rotatable bonds is 2. The standard InChI is InChI=1S/C10H18O2/c1-10(2,3)9(12)8(11)7-5-4-6-7/h7,9,12H,4-6H2,1-3H3. The topological polar surface area (TPSA) is 37.3 Å². The van der Waals surface area contributed by atoms with Gasteiger partial charge in [0.2, 0.25) is 0 Å². The predicted molar refractivity (Wildman–Crippen MR) is 47.8 cm³/mol. The number of hydrogen-bond donors (Lipinski definition) is 1. The normalized spacial score (nSPS) is 21.7. The van der Waals surface area contributed by atoms with E-state index in [1.165, 1.54) is 0 Å². The van der Waals surface area contributed by atoms with Crippen molar-refractivity contribution in [1.29, 1.82) is 0 Å². The second-order valence-electron chi connectivity index (χ2n) is 4.80. The summed E-state index contributed by atoms with van der Waals surface area (Å²) < 4.78 is 0. The fraction of sp³-hybridized carbons (Fsp3) is 0.900. The summed E-state index contributed by atoms with van der Waals surface area (Å²) in [5.41, 5.74) is -0.299. The van der Waals surface area contributed by atoms with Gasteiger partial charge in [-0.1, -0.05) is 27.2 Å². The minimum Gasteiger partial charge on any atom is -0.385 e. The van der Waals surface area contributed by atoms with Gasteiger partial charge in [0.1, 0.15) is 6.10 Å². The van der Waals surface area contributed by atoms with Crippen LogP contribution in [0.1, 0.15) is 40.0 Å². The first kappa shape index (κ1) is 9.72. The smallest absolute Gasteiger partial charge is 0.164 e. The maximum absolute atomic E-state index is 11.5. The van der Waals surface area contributed by atoms with Crippen LogP contribution in [0.15, 0.2) is 0 Å². The maximum Gasteiger partial charge on any atom is 0.164 e. The van der Waals surface area contributed by atoms with Crippen LogP contribution in [-0.2, 0) is 4.79 Å². The van der Waals surface area contributed by atoms with E-state index in [4.69, 9.17) is 0 Å². The van der Waals surface area contributed by atoms with Gasteiger partial charge in [-0.2, -0.15) is 0 Å². The molecule has 0 aromatic rings. The van der Waals surface area contributed by atoms with Gasteiger partial charge in [0.15, 0.2) is 5.78 Å². The number of hydrogen-bond acceptors (Lipinski definition) is 2. The first-order valence-electron chi connectivity index (χ1n) is 4.64. The van der Waals surface area contributed by atoms with E-state index in [0.29, 0.717) is 0 Å². The molecule has 1 N–H and O–H groups in total. The quantitative estimate of drug-likeness (QED) is 0.685. The van der Waals surface area contributed by atoms with Gasteiger partial charge in [-0.25, -0.2) is 0 Å². The van der Waals surface area contributed by atoms with Crippen LogP contribution in [0.4, 0.5) is 0 Å². The van der Waals surface area contributed by atoms with E-state index < -0.39 is 6.10 Å². The Balaban J connectivity index is 2.51.